The smallest absolute Gasteiger partial charge is 0.338 e. The molecule has 0 bridgehead atoms. The summed E-state index contributed by atoms with van der Waals surface area (Å²) in [7, 11) is 0. The van der Waals surface area contributed by atoms with Crippen LogP contribution in [0.5, 0.6) is 5.75 Å². The molecule has 12 heteroatoms. The lowest BCUT2D eigenvalue weighted by atomic mass is 9.94. The van der Waals surface area contributed by atoms with Crippen LogP contribution in [-0.2, 0) is 25.7 Å². The number of hydrogen-bond donors (Lipinski definition) is 4. The molecule has 1 atom stereocenters. The van der Waals surface area contributed by atoms with Crippen LogP contribution in [0.1, 0.15) is 29.7 Å². The molecule has 4 N–H and O–H groups in total. The van der Waals surface area contributed by atoms with Gasteiger partial charge in [-0.05, 0) is 47.5 Å². The minimum absolute atomic E-state index is 0.109. The number of ether oxygens (including phenoxy) is 2. The molecule has 0 saturated heterocycles. The minimum atomic E-state index is -0.921. The number of thioether (sulfide) groups is 1. The maximum Gasteiger partial charge on any atom is 0.338 e. The second-order valence-electron chi connectivity index (χ2n) is 9.40. The van der Waals surface area contributed by atoms with E-state index in [0.717, 1.165) is 4.90 Å². The van der Waals surface area contributed by atoms with Crippen molar-refractivity contribution in [3.05, 3.63) is 94.7 Å². The number of nitriles is 1. The van der Waals surface area contributed by atoms with Crippen molar-refractivity contribution in [1.82, 2.24) is 10.6 Å². The molecule has 0 radical (unpaired) electrons. The predicted octanol–water partition coefficient (Wildman–Crippen LogP) is 3.99. The number of amides is 4. The van der Waals surface area contributed by atoms with Gasteiger partial charge < -0.3 is 30.7 Å². The fraction of sp³-hybridized carbons (Fsp3) is 0.167. The maximum atomic E-state index is 13.6. The highest BCUT2D eigenvalue weighted by Gasteiger charge is 2.35. The molecule has 42 heavy (non-hydrogen) atoms. The Balaban J connectivity index is 1.47. The number of carbonyl (C=O) groups is 4. The molecule has 2 heterocycles. The summed E-state index contributed by atoms with van der Waals surface area (Å²) >= 11 is 1.40. The standard InChI is InChI=1S/C30H25N5O6S/c1-17(36)32-21-6-3-7-22(12-21)40-15-24-27(29(38)41-14-19-5-2-4-18(10-19)13-31)28(35-30(39)34-24)20-8-9-25-23(11-20)33-26(37)16-42-25/h2-12,28H,14-16H2,1H3,(H,32,36)(H,33,37)(H2,34,35,39). The van der Waals surface area contributed by atoms with Crippen molar-refractivity contribution in [3.8, 4) is 11.8 Å². The number of urea groups is 1. The molecule has 0 aliphatic carbocycles. The molecule has 0 spiro atoms. The summed E-state index contributed by atoms with van der Waals surface area (Å²) in [6.07, 6.45) is 0. The summed E-state index contributed by atoms with van der Waals surface area (Å²) in [5.41, 5.74) is 2.99. The van der Waals surface area contributed by atoms with E-state index in [1.54, 1.807) is 60.7 Å². The monoisotopic (exact) mass is 583 g/mol. The van der Waals surface area contributed by atoms with Crippen LogP contribution in [0.4, 0.5) is 16.2 Å². The first-order chi connectivity index (χ1) is 20.3. The van der Waals surface area contributed by atoms with E-state index in [2.05, 4.69) is 27.3 Å². The molecule has 11 nitrogen and oxygen atoms in total. The van der Waals surface area contributed by atoms with E-state index in [9.17, 15) is 24.4 Å². The lowest BCUT2D eigenvalue weighted by molar-refractivity contribution is -0.141. The van der Waals surface area contributed by atoms with Gasteiger partial charge in [-0.3, -0.25) is 9.59 Å². The lowest BCUT2D eigenvalue weighted by Crippen LogP contribution is -2.47. The molecule has 2 aliphatic rings. The molecular weight excluding hydrogens is 558 g/mol. The second-order valence-corrected chi connectivity index (χ2v) is 10.4. The molecule has 212 valence electrons. The Morgan fingerprint density at radius 1 is 1.05 bits per heavy atom. The Kier molecular flexibility index (Phi) is 8.40. The van der Waals surface area contributed by atoms with Gasteiger partial charge in [-0.25, -0.2) is 9.59 Å². The Morgan fingerprint density at radius 3 is 2.69 bits per heavy atom. The van der Waals surface area contributed by atoms with Gasteiger partial charge in [0, 0.05) is 23.6 Å². The van der Waals surface area contributed by atoms with E-state index >= 15 is 0 Å². The molecule has 2 aliphatic heterocycles. The van der Waals surface area contributed by atoms with Crippen molar-refractivity contribution >= 4 is 47.0 Å². The van der Waals surface area contributed by atoms with Gasteiger partial charge in [0.25, 0.3) is 0 Å². The first kappa shape index (κ1) is 28.3. The van der Waals surface area contributed by atoms with Crippen LogP contribution < -0.4 is 26.0 Å². The predicted molar refractivity (Wildman–Crippen MR) is 154 cm³/mol. The van der Waals surface area contributed by atoms with Crippen molar-refractivity contribution in [2.24, 2.45) is 0 Å². The van der Waals surface area contributed by atoms with Crippen molar-refractivity contribution < 1.29 is 28.7 Å². The molecule has 0 aromatic heterocycles. The molecule has 3 aromatic carbocycles. The zero-order chi connectivity index (χ0) is 29.6. The highest BCUT2D eigenvalue weighted by molar-refractivity contribution is 8.00. The highest BCUT2D eigenvalue weighted by Crippen LogP contribution is 2.36. The molecule has 5 rings (SSSR count). The van der Waals surface area contributed by atoms with Crippen molar-refractivity contribution in [1.29, 1.82) is 5.26 Å². The van der Waals surface area contributed by atoms with Crippen LogP contribution in [0, 0.1) is 11.3 Å². The van der Waals surface area contributed by atoms with Crippen LogP contribution >= 0.6 is 11.8 Å². The normalized spacial score (nSPS) is 15.8. The van der Waals surface area contributed by atoms with E-state index in [1.165, 1.54) is 18.7 Å². The van der Waals surface area contributed by atoms with E-state index < -0.39 is 18.0 Å². The second kappa shape index (κ2) is 12.5. The zero-order valence-electron chi connectivity index (χ0n) is 22.4. The van der Waals surface area contributed by atoms with E-state index in [1.807, 2.05) is 6.07 Å². The van der Waals surface area contributed by atoms with Gasteiger partial charge >= 0.3 is 12.0 Å². The molecule has 3 aromatic rings. The summed E-state index contributed by atoms with van der Waals surface area (Å²) in [6.45, 7) is 1.09. The third kappa shape index (κ3) is 6.71. The van der Waals surface area contributed by atoms with E-state index in [4.69, 9.17) is 9.47 Å². The molecule has 4 amide bonds. The fourth-order valence-electron chi connectivity index (χ4n) is 4.48. The molecule has 0 fully saturated rings. The topological polar surface area (TPSA) is 159 Å². The average Bonchev–Trinajstić information content (AvgIpc) is 2.98. The van der Waals surface area contributed by atoms with Gasteiger partial charge in [0.15, 0.2) is 0 Å². The maximum absolute atomic E-state index is 13.6. The number of carbonyl (C=O) groups excluding carboxylic acids is 4. The third-order valence-electron chi connectivity index (χ3n) is 6.31. The first-order valence-corrected chi connectivity index (χ1v) is 13.8. The fourth-order valence-corrected chi connectivity index (χ4v) is 5.27. The lowest BCUT2D eigenvalue weighted by Gasteiger charge is -2.30. The highest BCUT2D eigenvalue weighted by atomic mass is 32.2. The summed E-state index contributed by atoms with van der Waals surface area (Å²) in [4.78, 5) is 50.8. The number of nitrogens with zero attached hydrogens (tertiary/aromatic N) is 1. The number of esters is 1. The number of rotatable bonds is 8. The van der Waals surface area contributed by atoms with Gasteiger partial charge in [-0.15, -0.1) is 11.8 Å². The van der Waals surface area contributed by atoms with Gasteiger partial charge in [-0.2, -0.15) is 5.26 Å². The molecule has 0 saturated carbocycles. The average molecular weight is 584 g/mol. The van der Waals surface area contributed by atoms with Crippen LogP contribution in [-0.4, -0.2) is 36.2 Å². The largest absolute Gasteiger partial charge is 0.487 e. The summed E-state index contributed by atoms with van der Waals surface area (Å²) in [5, 5.41) is 20.2. The van der Waals surface area contributed by atoms with Gasteiger partial charge in [-0.1, -0.05) is 24.3 Å². The van der Waals surface area contributed by atoms with Gasteiger partial charge in [0.2, 0.25) is 11.8 Å². The quantitative estimate of drug-likeness (QED) is 0.290. The summed E-state index contributed by atoms with van der Waals surface area (Å²) < 4.78 is 11.6. The number of nitrogens with one attached hydrogen (secondary N) is 4. The van der Waals surface area contributed by atoms with Crippen LogP contribution in [0.2, 0.25) is 0 Å². The van der Waals surface area contributed by atoms with Crippen LogP contribution in [0.15, 0.2) is 82.9 Å². The Hall–Kier alpha value is -5.28. The minimum Gasteiger partial charge on any atom is -0.487 e. The van der Waals surface area contributed by atoms with Crippen molar-refractivity contribution in [3.63, 3.8) is 0 Å². The number of benzene rings is 3. The van der Waals surface area contributed by atoms with Crippen molar-refractivity contribution in [2.45, 2.75) is 24.5 Å². The van der Waals surface area contributed by atoms with Crippen molar-refractivity contribution in [2.75, 3.05) is 23.0 Å². The zero-order valence-corrected chi connectivity index (χ0v) is 23.2. The Morgan fingerprint density at radius 2 is 1.88 bits per heavy atom. The number of hydrogen-bond acceptors (Lipinski definition) is 8. The van der Waals surface area contributed by atoms with Crippen LogP contribution in [0.3, 0.4) is 0 Å². The van der Waals surface area contributed by atoms with E-state index in [-0.39, 0.29) is 36.3 Å². The SMILES string of the molecule is CC(=O)Nc1cccc(OCC2=C(C(=O)OCc3cccc(C#N)c3)C(c3ccc4c(c3)NC(=O)CS4)NC(=O)N2)c1. The molecular formula is C30H25N5O6S. The summed E-state index contributed by atoms with van der Waals surface area (Å²) in [6, 6.07) is 19.3. The number of anilines is 2. The van der Waals surface area contributed by atoms with E-state index in [0.29, 0.717) is 39.6 Å². The first-order valence-electron chi connectivity index (χ1n) is 12.8. The van der Waals surface area contributed by atoms with Gasteiger partial charge in [0.1, 0.15) is 19.0 Å². The van der Waals surface area contributed by atoms with Gasteiger partial charge in [0.05, 0.1) is 40.4 Å². The number of fused-ring (bicyclic) bond motifs is 1. The third-order valence-corrected chi connectivity index (χ3v) is 7.38. The summed E-state index contributed by atoms with van der Waals surface area (Å²) in [5.74, 6) is -0.409. The van der Waals surface area contributed by atoms with Crippen LogP contribution in [0.25, 0.3) is 0 Å². The Labute approximate surface area is 245 Å². The molecule has 1 unspecified atom stereocenters. The Bertz CT molecular complexity index is 1660.